The number of rotatable bonds is 2. The molecule has 4 heteroatoms. The van der Waals surface area contributed by atoms with E-state index in [4.69, 9.17) is 11.9 Å². The van der Waals surface area contributed by atoms with Gasteiger partial charge in [0.2, 0.25) is 0 Å². The van der Waals surface area contributed by atoms with Gasteiger partial charge in [-0.25, -0.2) is 4.79 Å². The zero-order valence-corrected chi connectivity index (χ0v) is 8.38. The first-order valence-electron chi connectivity index (χ1n) is 3.27. The molecule has 0 N–H and O–H groups in total. The molecule has 0 aliphatic rings. The van der Waals surface area contributed by atoms with Crippen LogP contribution in [0.2, 0.25) is 0 Å². The zero-order chi connectivity index (χ0) is 8.97. The molecule has 2 nitrogen and oxygen atoms in total. The molecule has 0 saturated carbocycles. The molecule has 0 radical (unpaired) electrons. The van der Waals surface area contributed by atoms with Gasteiger partial charge in [0.15, 0.2) is 0 Å². The van der Waals surface area contributed by atoms with Gasteiger partial charge >= 0.3 is 5.97 Å². The normalized spacial score (nSPS) is 12.2. The molecule has 0 spiro atoms. The van der Waals surface area contributed by atoms with E-state index in [9.17, 15) is 4.79 Å². The summed E-state index contributed by atoms with van der Waals surface area (Å²) in [4.78, 5) is 10.4. The molecule has 0 saturated heterocycles. The van der Waals surface area contributed by atoms with Crippen molar-refractivity contribution in [2.24, 2.45) is 0 Å². The summed E-state index contributed by atoms with van der Waals surface area (Å²) in [6.07, 6.45) is 0. The highest BCUT2D eigenvalue weighted by molar-refractivity contribution is 9.09. The maximum Gasteiger partial charge on any atom is 0.342 e. The lowest BCUT2D eigenvalue weighted by molar-refractivity contribution is -0.133. The number of hydrogen-bond donors (Lipinski definition) is 0. The second-order valence-electron chi connectivity index (χ2n) is 2.17. The predicted octanol–water partition coefficient (Wildman–Crippen LogP) is 2.82. The number of alkyl halides is 1. The minimum Gasteiger partial charge on any atom is -0.346 e. The van der Waals surface area contributed by atoms with E-state index in [1.54, 1.807) is 0 Å². The van der Waals surface area contributed by atoms with Crippen molar-refractivity contribution in [2.45, 2.75) is 4.83 Å². The average Bonchev–Trinajstić information content (AvgIpc) is 2.17. The Labute approximate surface area is 83.8 Å². The van der Waals surface area contributed by atoms with Crippen molar-refractivity contribution in [3.05, 3.63) is 35.9 Å². The lowest BCUT2D eigenvalue weighted by Gasteiger charge is -2.04. The van der Waals surface area contributed by atoms with Crippen LogP contribution in [0.15, 0.2) is 30.3 Å². The van der Waals surface area contributed by atoms with Crippen LogP contribution >= 0.6 is 27.8 Å². The first-order chi connectivity index (χ1) is 5.75. The Balaban J connectivity index is 2.78. The van der Waals surface area contributed by atoms with Crippen molar-refractivity contribution in [3.8, 4) is 0 Å². The van der Waals surface area contributed by atoms with Crippen LogP contribution in [0.5, 0.6) is 0 Å². The van der Waals surface area contributed by atoms with E-state index in [-0.39, 0.29) is 0 Å². The fraction of sp³-hybridized carbons (Fsp3) is 0.125. The van der Waals surface area contributed by atoms with Gasteiger partial charge < -0.3 is 4.29 Å². The molecule has 0 aliphatic heterocycles. The standard InChI is InChI=1S/C8H6BrClO2/c9-7(8(11)12-10)6-4-2-1-3-5-6/h1-5,7H. The Morgan fingerprint density at radius 1 is 1.42 bits per heavy atom. The van der Waals surface area contributed by atoms with Gasteiger partial charge in [-0.05, 0) is 5.56 Å². The Kier molecular flexibility index (Phi) is 3.56. The van der Waals surface area contributed by atoms with Gasteiger partial charge in [0, 0.05) is 0 Å². The fourth-order valence-corrected chi connectivity index (χ4v) is 1.39. The third kappa shape index (κ3) is 2.22. The summed E-state index contributed by atoms with van der Waals surface area (Å²) in [5.41, 5.74) is 0.822. The van der Waals surface area contributed by atoms with Crippen LogP contribution in [0.25, 0.3) is 0 Å². The number of hydrogen-bond acceptors (Lipinski definition) is 2. The fourth-order valence-electron chi connectivity index (χ4n) is 0.797. The van der Waals surface area contributed by atoms with Crippen molar-refractivity contribution in [1.29, 1.82) is 0 Å². The van der Waals surface area contributed by atoms with Crippen molar-refractivity contribution >= 4 is 33.8 Å². The summed E-state index contributed by atoms with van der Waals surface area (Å²) in [7, 11) is 0. The van der Waals surface area contributed by atoms with Crippen LogP contribution < -0.4 is 0 Å². The quantitative estimate of drug-likeness (QED) is 0.754. The molecule has 1 atom stereocenters. The summed E-state index contributed by atoms with van der Waals surface area (Å²) in [5.74, 6) is -0.511. The van der Waals surface area contributed by atoms with E-state index in [0.29, 0.717) is 0 Å². The third-order valence-corrected chi connectivity index (χ3v) is 2.43. The maximum atomic E-state index is 10.9. The van der Waals surface area contributed by atoms with Crippen molar-refractivity contribution in [2.75, 3.05) is 0 Å². The maximum absolute atomic E-state index is 10.9. The number of benzene rings is 1. The molecule has 12 heavy (non-hydrogen) atoms. The lowest BCUT2D eigenvalue weighted by Crippen LogP contribution is -2.05. The van der Waals surface area contributed by atoms with E-state index in [1.807, 2.05) is 30.3 Å². The topological polar surface area (TPSA) is 26.3 Å². The van der Waals surface area contributed by atoms with E-state index >= 15 is 0 Å². The van der Waals surface area contributed by atoms with Crippen LogP contribution in [0, 0.1) is 0 Å². The minimum absolute atomic E-state index is 0.490. The monoisotopic (exact) mass is 248 g/mol. The largest absolute Gasteiger partial charge is 0.346 e. The Morgan fingerprint density at radius 3 is 2.50 bits per heavy atom. The molecule has 1 rings (SSSR count). The van der Waals surface area contributed by atoms with Gasteiger partial charge in [-0.2, -0.15) is 0 Å². The van der Waals surface area contributed by atoms with Gasteiger partial charge in [0.25, 0.3) is 0 Å². The highest BCUT2D eigenvalue weighted by Crippen LogP contribution is 2.23. The molecule has 1 aromatic carbocycles. The van der Waals surface area contributed by atoms with Gasteiger partial charge in [-0.15, -0.1) is 0 Å². The smallest absolute Gasteiger partial charge is 0.342 e. The Morgan fingerprint density at radius 2 is 2.00 bits per heavy atom. The molecule has 0 aromatic heterocycles. The number of halogens is 2. The van der Waals surface area contributed by atoms with Crippen LogP contribution in [-0.2, 0) is 9.08 Å². The summed E-state index contributed by atoms with van der Waals surface area (Å²) >= 11 is 8.07. The van der Waals surface area contributed by atoms with Crippen LogP contribution in [0.3, 0.4) is 0 Å². The molecule has 1 unspecified atom stereocenters. The summed E-state index contributed by atoms with van der Waals surface area (Å²) in [6.45, 7) is 0. The summed E-state index contributed by atoms with van der Waals surface area (Å²) in [6, 6.07) is 9.17. The van der Waals surface area contributed by atoms with Gasteiger partial charge in [-0.3, -0.25) is 0 Å². The van der Waals surface area contributed by atoms with Gasteiger partial charge in [0.1, 0.15) is 16.7 Å². The minimum atomic E-state index is -0.511. The SMILES string of the molecule is O=C(OCl)C(Br)c1ccccc1. The molecule has 0 aliphatic carbocycles. The second kappa shape index (κ2) is 4.48. The molecule has 0 fully saturated rings. The molecule has 0 bridgehead atoms. The molecule has 0 heterocycles. The Bertz CT molecular complexity index is 263. The van der Waals surface area contributed by atoms with Gasteiger partial charge in [-0.1, -0.05) is 46.3 Å². The second-order valence-corrected chi connectivity index (χ2v) is 3.24. The van der Waals surface area contributed by atoms with Crippen molar-refractivity contribution in [3.63, 3.8) is 0 Å². The van der Waals surface area contributed by atoms with E-state index in [2.05, 4.69) is 20.2 Å². The summed E-state index contributed by atoms with van der Waals surface area (Å²) < 4.78 is 4.05. The number of carbonyl (C=O) groups excluding carboxylic acids is 1. The van der Waals surface area contributed by atoms with E-state index in [0.717, 1.165) is 5.56 Å². The zero-order valence-electron chi connectivity index (χ0n) is 6.04. The molecular formula is C8H6BrClO2. The van der Waals surface area contributed by atoms with Crippen LogP contribution in [0.4, 0.5) is 0 Å². The highest BCUT2D eigenvalue weighted by atomic mass is 79.9. The van der Waals surface area contributed by atoms with E-state index < -0.39 is 10.8 Å². The first-order valence-corrected chi connectivity index (χ1v) is 4.49. The van der Waals surface area contributed by atoms with Gasteiger partial charge in [0.05, 0.1) is 0 Å². The highest BCUT2D eigenvalue weighted by Gasteiger charge is 2.17. The Hall–Kier alpha value is -0.540. The first kappa shape index (κ1) is 9.55. The van der Waals surface area contributed by atoms with Crippen LogP contribution in [-0.4, -0.2) is 5.97 Å². The third-order valence-electron chi connectivity index (χ3n) is 1.38. The number of carbonyl (C=O) groups is 1. The van der Waals surface area contributed by atoms with Crippen molar-refractivity contribution < 1.29 is 9.08 Å². The molecular weight excluding hydrogens is 243 g/mol. The molecule has 1 aromatic rings. The summed E-state index contributed by atoms with van der Waals surface area (Å²) in [5, 5.41) is 0. The van der Waals surface area contributed by atoms with E-state index in [1.165, 1.54) is 0 Å². The van der Waals surface area contributed by atoms with Crippen molar-refractivity contribution in [1.82, 2.24) is 0 Å². The predicted molar refractivity (Wildman–Crippen MR) is 50.1 cm³/mol. The lowest BCUT2D eigenvalue weighted by atomic mass is 10.2. The molecule has 0 amide bonds. The van der Waals surface area contributed by atoms with Crippen LogP contribution in [0.1, 0.15) is 10.4 Å². The average molecular weight is 249 g/mol. The molecule has 64 valence electrons.